The lowest BCUT2D eigenvalue weighted by molar-refractivity contribution is -0.133. The number of alkyl halides is 2. The van der Waals surface area contributed by atoms with Crippen molar-refractivity contribution in [3.63, 3.8) is 0 Å². The summed E-state index contributed by atoms with van der Waals surface area (Å²) in [6.07, 6.45) is 2.27. The number of nitrogens with one attached hydrogen (secondary N) is 4. The van der Waals surface area contributed by atoms with Crippen molar-refractivity contribution in [2.24, 2.45) is 11.7 Å². The van der Waals surface area contributed by atoms with Crippen LogP contribution in [0.4, 0.5) is 13.6 Å². The van der Waals surface area contributed by atoms with Crippen molar-refractivity contribution in [2.45, 2.75) is 135 Å². The fourth-order valence-electron chi connectivity index (χ4n) is 6.01. The third-order valence-electron chi connectivity index (χ3n) is 9.59. The number of unbranched alkanes of at least 4 members (excludes halogenated alkanes) is 2. The second-order valence-electron chi connectivity index (χ2n) is 15.8. The maximum atomic E-state index is 14.1. The number of ketones is 2. The molecular weight excluding hydrogens is 803 g/mol. The molecule has 60 heavy (non-hydrogen) atoms. The van der Waals surface area contributed by atoms with Gasteiger partial charge < -0.3 is 41.5 Å². The molecule has 0 heterocycles. The Morgan fingerprint density at radius 2 is 1.28 bits per heavy atom. The molecule has 18 heteroatoms. The van der Waals surface area contributed by atoms with E-state index in [-0.39, 0.29) is 43.9 Å². The number of alkyl carbamates (subject to hydrolysis) is 1. The van der Waals surface area contributed by atoms with Gasteiger partial charge in [-0.1, -0.05) is 57.2 Å². The molecule has 0 bridgehead atoms. The molecular formula is C42H62F2N5O10P. The van der Waals surface area contributed by atoms with E-state index in [2.05, 4.69) is 21.3 Å². The number of Topliss-reactive ketones (excluding diaryl/α,β-unsaturated/α-hetero) is 2. The molecule has 0 fully saturated rings. The number of benzene rings is 2. The Hall–Kier alpha value is -4.57. The van der Waals surface area contributed by atoms with Crippen molar-refractivity contribution >= 4 is 43.0 Å². The van der Waals surface area contributed by atoms with Crippen molar-refractivity contribution in [1.82, 2.24) is 21.3 Å². The average Bonchev–Trinajstić information content (AvgIpc) is 3.18. The van der Waals surface area contributed by atoms with Crippen LogP contribution in [0.1, 0.15) is 120 Å². The minimum absolute atomic E-state index is 0.132. The zero-order chi connectivity index (χ0) is 45.3. The number of rotatable bonds is 25. The molecule has 0 radical (unpaired) electrons. The molecule has 4 unspecified atom stereocenters. The lowest BCUT2D eigenvalue weighted by Gasteiger charge is -2.23. The van der Waals surface area contributed by atoms with Gasteiger partial charge in [0.1, 0.15) is 5.60 Å². The highest BCUT2D eigenvalue weighted by Gasteiger charge is 2.50. The van der Waals surface area contributed by atoms with Crippen molar-refractivity contribution in [3.05, 3.63) is 70.8 Å². The molecule has 0 aliphatic carbocycles. The second kappa shape index (κ2) is 24.0. The van der Waals surface area contributed by atoms with Gasteiger partial charge in [0, 0.05) is 43.0 Å². The van der Waals surface area contributed by atoms with Gasteiger partial charge >= 0.3 is 19.4 Å². The summed E-state index contributed by atoms with van der Waals surface area (Å²) in [6, 6.07) is 8.05. The first-order valence-corrected chi connectivity index (χ1v) is 21.9. The third kappa shape index (κ3) is 17.6. The summed E-state index contributed by atoms with van der Waals surface area (Å²) in [5.74, 6) is -3.11. The van der Waals surface area contributed by atoms with E-state index in [1.165, 1.54) is 19.1 Å². The average molecular weight is 866 g/mol. The van der Waals surface area contributed by atoms with E-state index in [4.69, 9.17) is 20.3 Å². The molecule has 0 aromatic heterocycles. The van der Waals surface area contributed by atoms with Crippen LogP contribution in [0, 0.1) is 5.92 Å². The largest absolute Gasteiger partial charge is 0.444 e. The maximum Gasteiger partial charge on any atom is 0.407 e. The van der Waals surface area contributed by atoms with Gasteiger partial charge in [-0.15, -0.1) is 0 Å². The van der Waals surface area contributed by atoms with Crippen LogP contribution >= 0.6 is 7.60 Å². The fraction of sp³-hybridized carbons (Fsp3) is 0.571. The van der Waals surface area contributed by atoms with Gasteiger partial charge in [0.05, 0.1) is 18.1 Å². The number of hydrogen-bond acceptors (Lipinski definition) is 9. The topological polar surface area (TPSA) is 243 Å². The molecule has 2 rings (SSSR count). The molecule has 8 N–H and O–H groups in total. The number of nitrogens with two attached hydrogens (primary N) is 1. The molecule has 15 nitrogen and oxygen atoms in total. The van der Waals surface area contributed by atoms with Crippen LogP contribution in [0.25, 0.3) is 0 Å². The number of carbonyl (C=O) groups excluding carboxylic acids is 6. The SMILES string of the molecule is CCC(=O)C(CCCCNC(=O)OC(C)(C)C)NC(=O)C(C)CC(=O)C(CCCCNC(=O)c1ccc(CC)cc1)NC(=O)C(N)Cc1ccc(C(F)(F)P(=O)(O)O)cc1. The Balaban J connectivity index is 2.08. The smallest absolute Gasteiger partial charge is 0.407 e. The van der Waals surface area contributed by atoms with Gasteiger partial charge in [-0.05, 0) is 95.4 Å². The Morgan fingerprint density at radius 1 is 0.767 bits per heavy atom. The monoisotopic (exact) mass is 865 g/mol. The zero-order valence-corrected chi connectivity index (χ0v) is 36.2. The van der Waals surface area contributed by atoms with Crippen LogP contribution in [-0.2, 0) is 47.0 Å². The quantitative estimate of drug-likeness (QED) is 0.0506. The molecule has 2 aromatic carbocycles. The molecule has 0 spiro atoms. The first-order valence-electron chi connectivity index (χ1n) is 20.3. The molecule has 0 aliphatic rings. The van der Waals surface area contributed by atoms with E-state index < -0.39 is 72.2 Å². The van der Waals surface area contributed by atoms with Crippen molar-refractivity contribution in [3.8, 4) is 0 Å². The predicted octanol–water partition coefficient (Wildman–Crippen LogP) is 5.19. The first-order chi connectivity index (χ1) is 28.0. The highest BCUT2D eigenvalue weighted by molar-refractivity contribution is 7.52. The lowest BCUT2D eigenvalue weighted by Crippen LogP contribution is -2.50. The Morgan fingerprint density at radius 3 is 1.80 bits per heavy atom. The van der Waals surface area contributed by atoms with Gasteiger partial charge in [0.25, 0.3) is 5.91 Å². The van der Waals surface area contributed by atoms with E-state index in [0.717, 1.165) is 24.1 Å². The summed E-state index contributed by atoms with van der Waals surface area (Å²) in [4.78, 5) is 95.7. The van der Waals surface area contributed by atoms with Gasteiger partial charge in [-0.3, -0.25) is 28.5 Å². The molecule has 4 atom stereocenters. The number of carbonyl (C=O) groups is 6. The normalized spacial score (nSPS) is 13.9. The van der Waals surface area contributed by atoms with Crippen LogP contribution in [-0.4, -0.2) is 82.0 Å². The number of aryl methyl sites for hydroxylation is 1. The van der Waals surface area contributed by atoms with Gasteiger partial charge in [0.15, 0.2) is 11.6 Å². The maximum absolute atomic E-state index is 14.1. The number of halogens is 2. The van der Waals surface area contributed by atoms with Crippen molar-refractivity contribution in [2.75, 3.05) is 13.1 Å². The molecule has 4 amide bonds. The number of ether oxygens (including phenoxy) is 1. The molecule has 0 aliphatic heterocycles. The molecule has 2 aromatic rings. The minimum atomic E-state index is -5.79. The standard InChI is InChI=1S/C42H62F2N5O10P/c1-7-28-15-19-30(20-16-28)38(53)46-23-11-9-14-34(49-39(54)32(45)26-29-17-21-31(22-18-29)42(43,44)60(56,57)58)36(51)25-27(3)37(52)48-33(35(50)8-2)13-10-12-24-47-40(55)59-41(4,5)6/h15-22,27,32-34H,7-14,23-26,45H2,1-6H3,(H,46,53)(H,47,55)(H,48,52)(H,49,54)(H2,56,57,58). The summed E-state index contributed by atoms with van der Waals surface area (Å²) < 4.78 is 44.7. The second-order valence-corrected chi connectivity index (χ2v) is 17.5. The van der Waals surface area contributed by atoms with E-state index >= 15 is 0 Å². The summed E-state index contributed by atoms with van der Waals surface area (Å²) in [5.41, 5.74) is 2.08. The van der Waals surface area contributed by atoms with Gasteiger partial charge in [-0.25, -0.2) is 4.79 Å². The van der Waals surface area contributed by atoms with Crippen molar-refractivity contribution in [1.29, 1.82) is 0 Å². The lowest BCUT2D eigenvalue weighted by atomic mass is 9.94. The van der Waals surface area contributed by atoms with Crippen LogP contribution in [0.3, 0.4) is 0 Å². The van der Waals surface area contributed by atoms with Crippen LogP contribution < -0.4 is 27.0 Å². The van der Waals surface area contributed by atoms with Crippen LogP contribution in [0.2, 0.25) is 0 Å². The van der Waals surface area contributed by atoms with Gasteiger partial charge in [0.2, 0.25) is 11.8 Å². The number of amides is 4. The Labute approximate surface area is 350 Å². The van der Waals surface area contributed by atoms with Crippen LogP contribution in [0.5, 0.6) is 0 Å². The summed E-state index contributed by atoms with van der Waals surface area (Å²) in [5, 5.41) is 10.9. The molecule has 0 saturated heterocycles. The zero-order valence-electron chi connectivity index (χ0n) is 35.4. The third-order valence-corrected chi connectivity index (χ3v) is 10.6. The molecule has 0 saturated carbocycles. The minimum Gasteiger partial charge on any atom is -0.444 e. The van der Waals surface area contributed by atoms with Gasteiger partial charge in [-0.2, -0.15) is 8.78 Å². The van der Waals surface area contributed by atoms with E-state index in [1.807, 2.05) is 19.1 Å². The molecule has 334 valence electrons. The fourth-order valence-corrected chi connectivity index (χ4v) is 6.49. The number of hydrogen-bond donors (Lipinski definition) is 7. The van der Waals surface area contributed by atoms with E-state index in [1.54, 1.807) is 39.8 Å². The Bertz CT molecular complexity index is 1800. The predicted molar refractivity (Wildman–Crippen MR) is 222 cm³/mol. The van der Waals surface area contributed by atoms with Crippen LogP contribution in [0.15, 0.2) is 48.5 Å². The summed E-state index contributed by atoms with van der Waals surface area (Å²) in [6.45, 7) is 11.0. The highest BCUT2D eigenvalue weighted by Crippen LogP contribution is 2.59. The van der Waals surface area contributed by atoms with Crippen molar-refractivity contribution < 1.29 is 56.6 Å². The van der Waals surface area contributed by atoms with E-state index in [9.17, 15) is 42.1 Å². The Kier molecular flexibility index (Phi) is 20.6. The highest BCUT2D eigenvalue weighted by atomic mass is 31.2. The first kappa shape index (κ1) is 51.6. The summed E-state index contributed by atoms with van der Waals surface area (Å²) in [7, 11) is -5.79. The van der Waals surface area contributed by atoms with E-state index in [0.29, 0.717) is 49.8 Å². The summed E-state index contributed by atoms with van der Waals surface area (Å²) >= 11 is 0.